The van der Waals surface area contributed by atoms with Crippen molar-refractivity contribution < 1.29 is 4.52 Å². The van der Waals surface area contributed by atoms with Gasteiger partial charge in [0.05, 0.1) is 6.10 Å². The third kappa shape index (κ3) is 17.2. The zero-order valence-corrected chi connectivity index (χ0v) is 18.3. The van der Waals surface area contributed by atoms with Crippen molar-refractivity contribution in [3.05, 3.63) is 0 Å². The van der Waals surface area contributed by atoms with Gasteiger partial charge < -0.3 is 4.52 Å². The maximum atomic E-state index is 5.43. The van der Waals surface area contributed by atoms with Crippen LogP contribution in [0, 0.1) is 5.92 Å². The van der Waals surface area contributed by atoms with Gasteiger partial charge in [0.1, 0.15) is 0 Å². The fourth-order valence-electron chi connectivity index (χ4n) is 3.58. The Balaban J connectivity index is 3.17. The van der Waals surface area contributed by atoms with Gasteiger partial charge >= 0.3 is 0 Å². The van der Waals surface area contributed by atoms with Crippen molar-refractivity contribution in [3.63, 3.8) is 0 Å². The molecule has 0 N–H and O–H groups in total. The Morgan fingerprint density at radius 3 is 1.50 bits per heavy atom. The van der Waals surface area contributed by atoms with E-state index in [1.54, 1.807) is 0 Å². The minimum absolute atomic E-state index is 0.477. The summed E-state index contributed by atoms with van der Waals surface area (Å²) in [6, 6.07) is 0. The van der Waals surface area contributed by atoms with Crippen molar-refractivity contribution >= 4 is 9.47 Å². The highest BCUT2D eigenvalue weighted by Crippen LogP contribution is 2.18. The Morgan fingerprint density at radius 2 is 1.04 bits per heavy atom. The number of unbranched alkanes of at least 4 members (excludes halogenated alkanes) is 10. The molecule has 146 valence electrons. The van der Waals surface area contributed by atoms with Crippen LogP contribution in [0.25, 0.3) is 0 Å². The molecular formula is C22H47OP. The Labute approximate surface area is 156 Å². The first kappa shape index (κ1) is 24.4. The Morgan fingerprint density at radius 1 is 0.583 bits per heavy atom. The molecule has 0 saturated heterocycles. The second-order valence-electron chi connectivity index (χ2n) is 7.91. The highest BCUT2D eigenvalue weighted by Gasteiger charge is 2.05. The largest absolute Gasteiger partial charge is 0.362 e. The lowest BCUT2D eigenvalue weighted by Gasteiger charge is -2.13. The highest BCUT2D eigenvalue weighted by atomic mass is 31.0. The first-order valence-corrected chi connectivity index (χ1v) is 11.6. The summed E-state index contributed by atoms with van der Waals surface area (Å²) in [4.78, 5) is 0. The van der Waals surface area contributed by atoms with Crippen molar-refractivity contribution in [2.24, 2.45) is 5.92 Å². The molecule has 0 amide bonds. The Hall–Kier alpha value is 0.390. The molecular weight excluding hydrogens is 311 g/mol. The minimum atomic E-state index is 0.477. The molecule has 0 bridgehead atoms. The van der Waals surface area contributed by atoms with Gasteiger partial charge in [-0.25, -0.2) is 0 Å². The minimum Gasteiger partial charge on any atom is -0.362 e. The van der Waals surface area contributed by atoms with E-state index in [9.17, 15) is 0 Å². The molecule has 24 heavy (non-hydrogen) atoms. The van der Waals surface area contributed by atoms with Crippen LogP contribution in [-0.2, 0) is 4.52 Å². The summed E-state index contributed by atoms with van der Waals surface area (Å²) in [6.45, 7) is 6.98. The summed E-state index contributed by atoms with van der Waals surface area (Å²) >= 11 is 0. The van der Waals surface area contributed by atoms with Gasteiger partial charge in [-0.05, 0) is 18.8 Å². The maximum Gasteiger partial charge on any atom is 0.0610 e. The lowest BCUT2D eigenvalue weighted by molar-refractivity contribution is 0.208. The van der Waals surface area contributed by atoms with E-state index >= 15 is 0 Å². The van der Waals surface area contributed by atoms with Crippen LogP contribution in [0.4, 0.5) is 0 Å². The summed E-state index contributed by atoms with van der Waals surface area (Å²) < 4.78 is 5.43. The average molecular weight is 359 g/mol. The molecule has 0 aliphatic carbocycles. The molecule has 2 heteroatoms. The molecule has 0 fully saturated rings. The molecule has 0 spiro atoms. The van der Waals surface area contributed by atoms with Gasteiger partial charge in [-0.1, -0.05) is 117 Å². The SMILES string of the molecule is CCCCC(C)CCCCCCCCCCCCC(CCC)OP. The first-order chi connectivity index (χ1) is 11.7. The van der Waals surface area contributed by atoms with Crippen LogP contribution in [0.15, 0.2) is 0 Å². The van der Waals surface area contributed by atoms with Gasteiger partial charge in [0.15, 0.2) is 0 Å². The van der Waals surface area contributed by atoms with Crippen molar-refractivity contribution in [3.8, 4) is 0 Å². The molecule has 0 aromatic rings. The molecule has 0 rings (SSSR count). The van der Waals surface area contributed by atoms with Crippen LogP contribution in [0.3, 0.4) is 0 Å². The van der Waals surface area contributed by atoms with Gasteiger partial charge in [0.2, 0.25) is 0 Å². The zero-order valence-electron chi connectivity index (χ0n) is 17.2. The van der Waals surface area contributed by atoms with E-state index in [0.29, 0.717) is 6.10 Å². The Kier molecular flexibility index (Phi) is 20.0. The summed E-state index contributed by atoms with van der Waals surface area (Å²) in [7, 11) is 2.44. The third-order valence-electron chi connectivity index (χ3n) is 5.33. The van der Waals surface area contributed by atoms with E-state index in [-0.39, 0.29) is 0 Å². The van der Waals surface area contributed by atoms with Crippen molar-refractivity contribution in [1.82, 2.24) is 0 Å². The monoisotopic (exact) mass is 358 g/mol. The topological polar surface area (TPSA) is 9.23 Å². The second kappa shape index (κ2) is 19.7. The molecule has 0 heterocycles. The molecule has 0 radical (unpaired) electrons. The fourth-order valence-corrected chi connectivity index (χ4v) is 3.85. The molecule has 0 aliphatic rings. The molecule has 3 atom stereocenters. The summed E-state index contributed by atoms with van der Waals surface area (Å²) in [5.41, 5.74) is 0. The maximum absolute atomic E-state index is 5.43. The molecule has 0 saturated carbocycles. The van der Waals surface area contributed by atoms with Crippen molar-refractivity contribution in [2.75, 3.05) is 0 Å². The molecule has 1 nitrogen and oxygen atoms in total. The van der Waals surface area contributed by atoms with Crippen LogP contribution in [-0.4, -0.2) is 6.10 Å². The summed E-state index contributed by atoms with van der Waals surface area (Å²) in [5, 5.41) is 0. The Bertz CT molecular complexity index is 232. The van der Waals surface area contributed by atoms with Crippen LogP contribution in [0.2, 0.25) is 0 Å². The van der Waals surface area contributed by atoms with Crippen LogP contribution < -0.4 is 0 Å². The second-order valence-corrected chi connectivity index (χ2v) is 8.18. The standard InChI is InChI=1S/C22H47OP/c1-4-6-18-21(3)19-15-13-11-9-7-8-10-12-14-16-20-22(23-24)17-5-2/h21-22H,4-20,24H2,1-3H3. The fraction of sp³-hybridized carbons (Fsp3) is 1.00. The number of hydrogen-bond donors (Lipinski definition) is 0. The average Bonchev–Trinajstić information content (AvgIpc) is 2.59. The molecule has 0 aliphatic heterocycles. The number of rotatable bonds is 19. The van der Waals surface area contributed by atoms with E-state index in [1.807, 2.05) is 0 Å². The zero-order chi connectivity index (χ0) is 17.9. The quantitative estimate of drug-likeness (QED) is 0.166. The number of hydrogen-bond acceptors (Lipinski definition) is 1. The lowest BCUT2D eigenvalue weighted by atomic mass is 9.97. The van der Waals surface area contributed by atoms with Gasteiger partial charge in [0, 0.05) is 9.47 Å². The van der Waals surface area contributed by atoms with Gasteiger partial charge in [-0.15, -0.1) is 0 Å². The summed E-state index contributed by atoms with van der Waals surface area (Å²) in [6.07, 6.45) is 24.2. The van der Waals surface area contributed by atoms with Crippen molar-refractivity contribution in [1.29, 1.82) is 0 Å². The van der Waals surface area contributed by atoms with Crippen LogP contribution in [0.5, 0.6) is 0 Å². The van der Waals surface area contributed by atoms with Crippen LogP contribution >= 0.6 is 9.47 Å². The molecule has 0 aromatic carbocycles. The van der Waals surface area contributed by atoms with Crippen molar-refractivity contribution in [2.45, 2.75) is 136 Å². The van der Waals surface area contributed by atoms with E-state index < -0.39 is 0 Å². The van der Waals surface area contributed by atoms with E-state index in [2.05, 4.69) is 30.2 Å². The van der Waals surface area contributed by atoms with Gasteiger partial charge in [0.25, 0.3) is 0 Å². The van der Waals surface area contributed by atoms with Gasteiger partial charge in [-0.2, -0.15) is 0 Å². The van der Waals surface area contributed by atoms with E-state index in [1.165, 1.54) is 109 Å². The predicted molar refractivity (Wildman–Crippen MR) is 114 cm³/mol. The highest BCUT2D eigenvalue weighted by molar-refractivity contribution is 7.09. The summed E-state index contributed by atoms with van der Waals surface area (Å²) in [5.74, 6) is 0.957. The van der Waals surface area contributed by atoms with E-state index in [4.69, 9.17) is 4.52 Å². The molecule has 3 unspecified atom stereocenters. The molecule has 0 aromatic heterocycles. The normalized spacial score (nSPS) is 14.0. The van der Waals surface area contributed by atoms with Crippen LogP contribution in [0.1, 0.15) is 130 Å². The third-order valence-corrected chi connectivity index (χ3v) is 5.71. The first-order valence-electron chi connectivity index (χ1n) is 11.1. The smallest absolute Gasteiger partial charge is 0.0610 e. The van der Waals surface area contributed by atoms with Gasteiger partial charge in [-0.3, -0.25) is 0 Å². The van der Waals surface area contributed by atoms with E-state index in [0.717, 1.165) is 5.92 Å². The predicted octanol–water partition coefficient (Wildman–Crippen LogP) is 8.47. The lowest BCUT2D eigenvalue weighted by Crippen LogP contribution is -2.06.